The maximum atomic E-state index is 11.7. The number of aromatic amines is 1. The topological polar surface area (TPSA) is 107 Å². The molecule has 0 saturated carbocycles. The van der Waals surface area contributed by atoms with E-state index in [0.717, 1.165) is 5.69 Å². The van der Waals surface area contributed by atoms with E-state index in [-0.39, 0.29) is 17.8 Å². The van der Waals surface area contributed by atoms with Crippen molar-refractivity contribution in [1.82, 2.24) is 15.3 Å². The average molecular weight is 274 g/mol. The van der Waals surface area contributed by atoms with Crippen molar-refractivity contribution in [3.8, 4) is 0 Å². The second kappa shape index (κ2) is 5.87. The lowest BCUT2D eigenvalue weighted by Gasteiger charge is -2.11. The van der Waals surface area contributed by atoms with E-state index < -0.39 is 12.0 Å². The molecule has 104 valence electrons. The Balaban J connectivity index is 2.04. The first-order valence-electron chi connectivity index (χ1n) is 5.93. The number of urea groups is 1. The van der Waals surface area contributed by atoms with Gasteiger partial charge in [0, 0.05) is 6.20 Å². The average Bonchev–Trinajstić information content (AvgIpc) is 2.89. The monoisotopic (exact) mass is 274 g/mol. The van der Waals surface area contributed by atoms with E-state index in [2.05, 4.69) is 20.6 Å². The van der Waals surface area contributed by atoms with Crippen LogP contribution in [0, 0.1) is 6.92 Å². The summed E-state index contributed by atoms with van der Waals surface area (Å²) in [6.45, 7) is 1.96. The molecule has 0 aliphatic rings. The van der Waals surface area contributed by atoms with Crippen LogP contribution in [0.15, 0.2) is 30.7 Å². The summed E-state index contributed by atoms with van der Waals surface area (Å²) in [5.41, 5.74) is 1.69. The summed E-state index contributed by atoms with van der Waals surface area (Å²) in [4.78, 5) is 29.6. The van der Waals surface area contributed by atoms with Gasteiger partial charge in [0.05, 0.1) is 29.8 Å². The van der Waals surface area contributed by atoms with Crippen LogP contribution in [-0.2, 0) is 6.54 Å². The van der Waals surface area contributed by atoms with Crippen LogP contribution in [0.1, 0.15) is 21.6 Å². The predicted octanol–water partition coefficient (Wildman–Crippen LogP) is 1.74. The summed E-state index contributed by atoms with van der Waals surface area (Å²) in [5, 5.41) is 14.3. The van der Waals surface area contributed by atoms with Crippen molar-refractivity contribution in [3.63, 3.8) is 0 Å². The van der Waals surface area contributed by atoms with E-state index in [1.54, 1.807) is 31.3 Å². The van der Waals surface area contributed by atoms with Gasteiger partial charge in [-0.1, -0.05) is 12.1 Å². The number of benzene rings is 1. The van der Waals surface area contributed by atoms with Gasteiger partial charge in [0.25, 0.3) is 0 Å². The summed E-state index contributed by atoms with van der Waals surface area (Å²) < 4.78 is 0. The zero-order valence-electron chi connectivity index (χ0n) is 10.8. The van der Waals surface area contributed by atoms with Crippen LogP contribution in [0.4, 0.5) is 10.5 Å². The van der Waals surface area contributed by atoms with E-state index >= 15 is 0 Å². The fourth-order valence-electron chi connectivity index (χ4n) is 1.78. The van der Waals surface area contributed by atoms with Crippen LogP contribution < -0.4 is 10.6 Å². The lowest BCUT2D eigenvalue weighted by molar-refractivity contribution is 0.0697. The maximum absolute atomic E-state index is 11.7. The Kier molecular flexibility index (Phi) is 3.99. The largest absolute Gasteiger partial charge is 0.478 e. The van der Waals surface area contributed by atoms with Gasteiger partial charge in [-0.15, -0.1) is 0 Å². The lowest BCUT2D eigenvalue weighted by Crippen LogP contribution is -2.29. The van der Waals surface area contributed by atoms with Crippen LogP contribution in [-0.4, -0.2) is 27.1 Å². The summed E-state index contributed by atoms with van der Waals surface area (Å²) in [6, 6.07) is 4.43. The highest BCUT2D eigenvalue weighted by molar-refractivity contribution is 6.01. The van der Waals surface area contributed by atoms with Crippen molar-refractivity contribution in [3.05, 3.63) is 47.5 Å². The molecular weight excluding hydrogens is 260 g/mol. The van der Waals surface area contributed by atoms with Crippen LogP contribution >= 0.6 is 0 Å². The number of rotatable bonds is 4. The molecule has 7 heteroatoms. The second-order valence-corrected chi connectivity index (χ2v) is 4.19. The molecule has 0 fully saturated rings. The molecular formula is C13H14N4O3. The number of carbonyl (C=O) groups is 2. The highest BCUT2D eigenvalue weighted by atomic mass is 16.4. The molecule has 1 heterocycles. The SMILES string of the molecule is Cc1cccc(NC(=O)NCc2cnc[nH]2)c1C(=O)O. The number of carboxylic acid groups (broad SMARTS) is 1. The molecule has 4 N–H and O–H groups in total. The number of hydrogen-bond donors (Lipinski definition) is 4. The number of aromatic nitrogens is 2. The number of carboxylic acids is 1. The Morgan fingerprint density at radius 3 is 2.85 bits per heavy atom. The van der Waals surface area contributed by atoms with E-state index in [0.29, 0.717) is 5.56 Å². The van der Waals surface area contributed by atoms with E-state index in [4.69, 9.17) is 5.11 Å². The zero-order valence-corrected chi connectivity index (χ0v) is 10.8. The number of nitrogens with one attached hydrogen (secondary N) is 3. The molecule has 0 unspecified atom stereocenters. The highest BCUT2D eigenvalue weighted by Gasteiger charge is 2.14. The van der Waals surface area contributed by atoms with Gasteiger partial charge in [-0.25, -0.2) is 14.6 Å². The molecule has 20 heavy (non-hydrogen) atoms. The molecule has 0 saturated heterocycles. The second-order valence-electron chi connectivity index (χ2n) is 4.19. The fourth-order valence-corrected chi connectivity index (χ4v) is 1.78. The molecule has 1 aromatic carbocycles. The van der Waals surface area contributed by atoms with Crippen LogP contribution in [0.5, 0.6) is 0 Å². The van der Waals surface area contributed by atoms with Crippen molar-refractivity contribution >= 4 is 17.7 Å². The molecule has 0 radical (unpaired) electrons. The van der Waals surface area contributed by atoms with Crippen LogP contribution in [0.25, 0.3) is 0 Å². The van der Waals surface area contributed by atoms with Crippen LogP contribution in [0.3, 0.4) is 0 Å². The number of amides is 2. The first kappa shape index (κ1) is 13.6. The summed E-state index contributed by atoms with van der Waals surface area (Å²) in [6.07, 6.45) is 3.10. The predicted molar refractivity (Wildman–Crippen MR) is 72.6 cm³/mol. The van der Waals surface area contributed by atoms with Gasteiger partial charge in [-0.3, -0.25) is 0 Å². The number of carbonyl (C=O) groups excluding carboxylic acids is 1. The Hall–Kier alpha value is -2.83. The van der Waals surface area contributed by atoms with Crippen molar-refractivity contribution in [1.29, 1.82) is 0 Å². The number of nitrogens with zero attached hydrogens (tertiary/aromatic N) is 1. The molecule has 0 aliphatic heterocycles. The summed E-state index contributed by atoms with van der Waals surface area (Å²) >= 11 is 0. The molecule has 0 atom stereocenters. The maximum Gasteiger partial charge on any atom is 0.338 e. The minimum absolute atomic E-state index is 0.0872. The number of hydrogen-bond acceptors (Lipinski definition) is 3. The van der Waals surface area contributed by atoms with Gasteiger partial charge in [0.15, 0.2) is 0 Å². The number of aromatic carboxylic acids is 1. The molecule has 0 aliphatic carbocycles. The third kappa shape index (κ3) is 3.14. The van der Waals surface area contributed by atoms with Gasteiger partial charge in [-0.05, 0) is 18.6 Å². The first-order valence-corrected chi connectivity index (χ1v) is 5.93. The number of anilines is 1. The summed E-state index contributed by atoms with van der Waals surface area (Å²) in [5.74, 6) is -1.08. The molecule has 2 amide bonds. The highest BCUT2D eigenvalue weighted by Crippen LogP contribution is 2.19. The van der Waals surface area contributed by atoms with E-state index in [1.807, 2.05) is 0 Å². The van der Waals surface area contributed by atoms with Crippen molar-refractivity contribution in [2.45, 2.75) is 13.5 Å². The zero-order chi connectivity index (χ0) is 14.5. The van der Waals surface area contributed by atoms with Crippen molar-refractivity contribution in [2.75, 3.05) is 5.32 Å². The number of H-pyrrole nitrogens is 1. The molecule has 2 aromatic rings. The Bertz CT molecular complexity index is 623. The van der Waals surface area contributed by atoms with Gasteiger partial charge in [0.2, 0.25) is 0 Å². The Labute approximate surface area is 115 Å². The van der Waals surface area contributed by atoms with Gasteiger partial charge < -0.3 is 20.7 Å². The molecule has 2 rings (SSSR count). The quantitative estimate of drug-likeness (QED) is 0.681. The van der Waals surface area contributed by atoms with E-state index in [9.17, 15) is 9.59 Å². The van der Waals surface area contributed by atoms with Gasteiger partial charge >= 0.3 is 12.0 Å². The number of aryl methyl sites for hydroxylation is 1. The number of imidazole rings is 1. The Morgan fingerprint density at radius 1 is 1.40 bits per heavy atom. The smallest absolute Gasteiger partial charge is 0.338 e. The third-order valence-electron chi connectivity index (χ3n) is 2.73. The lowest BCUT2D eigenvalue weighted by atomic mass is 10.1. The molecule has 0 bridgehead atoms. The summed E-state index contributed by atoms with van der Waals surface area (Å²) in [7, 11) is 0. The van der Waals surface area contributed by atoms with Crippen LogP contribution in [0.2, 0.25) is 0 Å². The minimum Gasteiger partial charge on any atom is -0.478 e. The third-order valence-corrected chi connectivity index (χ3v) is 2.73. The Morgan fingerprint density at radius 2 is 2.20 bits per heavy atom. The van der Waals surface area contributed by atoms with Crippen molar-refractivity contribution in [2.24, 2.45) is 0 Å². The van der Waals surface area contributed by atoms with Gasteiger partial charge in [-0.2, -0.15) is 0 Å². The van der Waals surface area contributed by atoms with Crippen molar-refractivity contribution < 1.29 is 14.7 Å². The molecule has 7 nitrogen and oxygen atoms in total. The van der Waals surface area contributed by atoms with E-state index in [1.165, 1.54) is 6.33 Å². The normalized spacial score (nSPS) is 10.1. The first-order chi connectivity index (χ1) is 9.58. The fraction of sp³-hybridized carbons (Fsp3) is 0.154. The van der Waals surface area contributed by atoms with Gasteiger partial charge in [0.1, 0.15) is 0 Å². The molecule has 0 spiro atoms. The molecule has 1 aromatic heterocycles. The standard InChI is InChI=1S/C13H14N4O3/c1-8-3-2-4-10(11(8)12(18)19)17-13(20)15-6-9-5-14-7-16-9/h2-5,7H,6H2,1H3,(H,14,16)(H,18,19)(H2,15,17,20). The minimum atomic E-state index is -1.08.